The summed E-state index contributed by atoms with van der Waals surface area (Å²) in [6.07, 6.45) is 0. The Balaban J connectivity index is 3.46. The summed E-state index contributed by atoms with van der Waals surface area (Å²) in [5, 5.41) is 0. The average Bonchev–Trinajstić information content (AvgIpc) is 1.64. The van der Waals surface area contributed by atoms with Crippen molar-refractivity contribution >= 4 is 19.4 Å². The maximum absolute atomic E-state index is 2.57. The molecule has 1 nitrogen and oxygen atoms in total. The molecule has 0 aliphatic heterocycles. The molecule has 0 amide bonds. The molecular formula is C5H16NSi2. The summed E-state index contributed by atoms with van der Waals surface area (Å²) in [5.74, 6) is 0. The van der Waals surface area contributed by atoms with Gasteiger partial charge in [-0.3, -0.25) is 0 Å². The van der Waals surface area contributed by atoms with Crippen LogP contribution in [0.1, 0.15) is 13.8 Å². The summed E-state index contributed by atoms with van der Waals surface area (Å²) in [6, 6.07) is 0.783. The van der Waals surface area contributed by atoms with Gasteiger partial charge < -0.3 is 4.23 Å². The van der Waals surface area contributed by atoms with Crippen LogP contribution in [0, 0.1) is 0 Å². The van der Waals surface area contributed by atoms with Crippen LogP contribution < -0.4 is 0 Å². The molecule has 0 fully saturated rings. The standard InChI is InChI=1S/C5H16NSi2/c1-5(2)6(7)8(3)4/h5H,1-4,7H3. The van der Waals surface area contributed by atoms with E-state index in [-0.39, 0.29) is 8.96 Å². The van der Waals surface area contributed by atoms with E-state index >= 15 is 0 Å². The molecule has 8 heavy (non-hydrogen) atoms. The third-order valence-corrected chi connectivity index (χ3v) is 7.12. The van der Waals surface area contributed by atoms with E-state index in [1.807, 2.05) is 0 Å². The van der Waals surface area contributed by atoms with Crippen LogP contribution in [0.3, 0.4) is 0 Å². The van der Waals surface area contributed by atoms with Crippen LogP contribution in [0.2, 0.25) is 13.1 Å². The molecule has 0 N–H and O–H groups in total. The summed E-state index contributed by atoms with van der Waals surface area (Å²) < 4.78 is 2.57. The van der Waals surface area contributed by atoms with Crippen LogP contribution in [-0.2, 0) is 0 Å². The molecule has 3 heteroatoms. The van der Waals surface area contributed by atoms with E-state index < -0.39 is 0 Å². The van der Waals surface area contributed by atoms with Crippen molar-refractivity contribution in [3.8, 4) is 0 Å². The monoisotopic (exact) mass is 146 g/mol. The largest absolute Gasteiger partial charge is 0.352 e. The van der Waals surface area contributed by atoms with Gasteiger partial charge in [0.15, 0.2) is 0 Å². The highest BCUT2D eigenvalue weighted by atomic mass is 28.3. The van der Waals surface area contributed by atoms with Gasteiger partial charge in [0.25, 0.3) is 0 Å². The first-order valence-electron chi connectivity index (χ1n) is 3.08. The van der Waals surface area contributed by atoms with E-state index in [9.17, 15) is 0 Å². The van der Waals surface area contributed by atoms with Crippen molar-refractivity contribution in [2.24, 2.45) is 0 Å². The Morgan fingerprint density at radius 2 is 1.75 bits per heavy atom. The number of rotatable bonds is 2. The maximum atomic E-state index is 2.57. The van der Waals surface area contributed by atoms with Crippen molar-refractivity contribution < 1.29 is 0 Å². The fraction of sp³-hybridized carbons (Fsp3) is 1.00. The molecule has 49 valence electrons. The first-order chi connectivity index (χ1) is 3.55. The minimum Gasteiger partial charge on any atom is -0.352 e. The minimum absolute atomic E-state index is 0.117. The fourth-order valence-corrected chi connectivity index (χ4v) is 1.55. The number of nitrogens with zero attached hydrogens (tertiary/aromatic N) is 1. The maximum Gasteiger partial charge on any atom is 0.122 e. The van der Waals surface area contributed by atoms with Crippen LogP contribution in [-0.4, -0.2) is 29.6 Å². The molecule has 0 heterocycles. The van der Waals surface area contributed by atoms with E-state index in [1.165, 1.54) is 10.4 Å². The second-order valence-corrected chi connectivity index (χ2v) is 7.11. The Morgan fingerprint density at radius 3 is 1.75 bits per heavy atom. The highest BCUT2D eigenvalue weighted by Gasteiger charge is 2.06. The third kappa shape index (κ3) is 2.64. The van der Waals surface area contributed by atoms with Gasteiger partial charge in [-0.25, -0.2) is 0 Å². The van der Waals surface area contributed by atoms with Gasteiger partial charge in [-0.2, -0.15) is 0 Å². The topological polar surface area (TPSA) is 3.24 Å². The van der Waals surface area contributed by atoms with Gasteiger partial charge in [0.1, 0.15) is 8.96 Å². The highest BCUT2D eigenvalue weighted by molar-refractivity contribution is 6.58. The van der Waals surface area contributed by atoms with E-state index in [0.29, 0.717) is 0 Å². The van der Waals surface area contributed by atoms with E-state index in [4.69, 9.17) is 0 Å². The van der Waals surface area contributed by atoms with E-state index in [1.54, 1.807) is 0 Å². The predicted molar refractivity (Wildman–Crippen MR) is 44.4 cm³/mol. The smallest absolute Gasteiger partial charge is 0.122 e. The van der Waals surface area contributed by atoms with Gasteiger partial charge in [-0.05, 0) is 6.04 Å². The Labute approximate surface area is 57.3 Å². The molecule has 0 atom stereocenters. The summed E-state index contributed by atoms with van der Waals surface area (Å²) >= 11 is 0. The molecule has 0 saturated carbocycles. The van der Waals surface area contributed by atoms with Crippen LogP contribution in [0.4, 0.5) is 0 Å². The molecule has 0 aromatic rings. The predicted octanol–water partition coefficient (Wildman–Crippen LogP) is 0.228. The Kier molecular flexibility index (Phi) is 3.59. The van der Waals surface area contributed by atoms with E-state index in [2.05, 4.69) is 31.2 Å². The second-order valence-electron chi connectivity index (χ2n) is 2.65. The quantitative estimate of drug-likeness (QED) is 0.504. The molecule has 0 aliphatic rings. The minimum atomic E-state index is -0.117. The Bertz CT molecular complexity index is 55.4. The highest BCUT2D eigenvalue weighted by Crippen LogP contribution is 1.94. The lowest BCUT2D eigenvalue weighted by Crippen LogP contribution is -2.37. The van der Waals surface area contributed by atoms with Crippen molar-refractivity contribution in [3.05, 3.63) is 0 Å². The van der Waals surface area contributed by atoms with Gasteiger partial charge in [-0.1, -0.05) is 26.9 Å². The summed E-state index contributed by atoms with van der Waals surface area (Å²) in [6.45, 7) is 9.23. The zero-order valence-electron chi connectivity index (χ0n) is 6.52. The van der Waals surface area contributed by atoms with Crippen molar-refractivity contribution in [3.63, 3.8) is 0 Å². The SMILES string of the molecule is CC(C)N([SiH3])[Si](C)C. The van der Waals surface area contributed by atoms with Crippen LogP contribution in [0.25, 0.3) is 0 Å². The fourth-order valence-electron chi connectivity index (χ4n) is 0.516. The van der Waals surface area contributed by atoms with Crippen LogP contribution in [0.15, 0.2) is 0 Å². The zero-order chi connectivity index (χ0) is 6.73. The first kappa shape index (κ1) is 8.39. The summed E-state index contributed by atoms with van der Waals surface area (Å²) in [7, 11) is 1.12. The normalized spacial score (nSPS) is 12.4. The second kappa shape index (κ2) is 3.43. The van der Waals surface area contributed by atoms with Crippen molar-refractivity contribution in [2.45, 2.75) is 33.0 Å². The number of hydrogen-bond donors (Lipinski definition) is 0. The van der Waals surface area contributed by atoms with Gasteiger partial charge in [-0.15, -0.1) is 0 Å². The van der Waals surface area contributed by atoms with Gasteiger partial charge in [0.2, 0.25) is 0 Å². The lowest BCUT2D eigenvalue weighted by Gasteiger charge is -2.24. The molecule has 0 aromatic carbocycles. The molecule has 0 aromatic heterocycles. The molecule has 1 radical (unpaired) electrons. The lowest BCUT2D eigenvalue weighted by molar-refractivity contribution is 0.550. The molecule has 0 aliphatic carbocycles. The molecule has 0 unspecified atom stereocenters. The van der Waals surface area contributed by atoms with Gasteiger partial charge in [0, 0.05) is 0 Å². The van der Waals surface area contributed by atoms with Crippen molar-refractivity contribution in [1.29, 1.82) is 0 Å². The van der Waals surface area contributed by atoms with Crippen molar-refractivity contribution in [1.82, 2.24) is 4.23 Å². The molecule has 0 saturated heterocycles. The lowest BCUT2D eigenvalue weighted by atomic mass is 10.4. The number of hydrogen-bond acceptors (Lipinski definition) is 1. The summed E-state index contributed by atoms with van der Waals surface area (Å²) in [5.41, 5.74) is 0. The first-order valence-corrected chi connectivity index (χ1v) is 6.43. The summed E-state index contributed by atoms with van der Waals surface area (Å²) in [4.78, 5) is 0. The molecular weight excluding hydrogens is 130 g/mol. The van der Waals surface area contributed by atoms with Gasteiger partial charge >= 0.3 is 0 Å². The molecule has 0 spiro atoms. The van der Waals surface area contributed by atoms with E-state index in [0.717, 1.165) is 6.04 Å². The molecule has 0 bridgehead atoms. The molecule has 0 rings (SSSR count). The average molecular weight is 146 g/mol. The zero-order valence-corrected chi connectivity index (χ0v) is 9.52. The van der Waals surface area contributed by atoms with Gasteiger partial charge in [0.05, 0.1) is 10.4 Å². The van der Waals surface area contributed by atoms with Crippen LogP contribution >= 0.6 is 0 Å². The Morgan fingerprint density at radius 1 is 1.38 bits per heavy atom. The Hall–Kier alpha value is 0.394. The van der Waals surface area contributed by atoms with Crippen molar-refractivity contribution in [2.75, 3.05) is 0 Å². The van der Waals surface area contributed by atoms with Crippen LogP contribution in [0.5, 0.6) is 0 Å². The third-order valence-electron chi connectivity index (χ3n) is 1.48.